The van der Waals surface area contributed by atoms with Gasteiger partial charge in [0.05, 0.1) is 0 Å². The molecule has 1 unspecified atom stereocenters. The van der Waals surface area contributed by atoms with Crippen molar-refractivity contribution in [3.05, 3.63) is 35.9 Å². The van der Waals surface area contributed by atoms with E-state index >= 15 is 0 Å². The van der Waals surface area contributed by atoms with E-state index in [9.17, 15) is 4.79 Å². The van der Waals surface area contributed by atoms with Crippen LogP contribution in [0.5, 0.6) is 0 Å². The number of likely N-dealkylation sites (N-methyl/N-ethyl adjacent to an activating group) is 1. The lowest BCUT2D eigenvalue weighted by molar-refractivity contribution is -0.130. The highest BCUT2D eigenvalue weighted by Gasteiger charge is 2.20. The van der Waals surface area contributed by atoms with Gasteiger partial charge in [0.15, 0.2) is 0 Å². The van der Waals surface area contributed by atoms with E-state index in [1.54, 1.807) is 19.0 Å². The van der Waals surface area contributed by atoms with E-state index in [1.807, 2.05) is 18.2 Å². The average molecular weight is 263 g/mol. The Morgan fingerprint density at radius 1 is 1.26 bits per heavy atom. The Morgan fingerprint density at radius 2 is 1.89 bits per heavy atom. The van der Waals surface area contributed by atoms with Gasteiger partial charge in [0, 0.05) is 39.6 Å². The fourth-order valence-corrected chi connectivity index (χ4v) is 2.06. The fraction of sp³-hybridized carbons (Fsp3) is 0.533. The first-order chi connectivity index (χ1) is 9.08. The summed E-state index contributed by atoms with van der Waals surface area (Å²) in [5.41, 5.74) is 7.09. The Balaban J connectivity index is 2.67. The molecule has 0 aliphatic heterocycles. The lowest BCUT2D eigenvalue weighted by atomic mass is 10.1. The molecule has 0 saturated carbocycles. The highest BCUT2D eigenvalue weighted by atomic mass is 16.2. The third-order valence-corrected chi connectivity index (χ3v) is 3.33. The molecule has 0 fully saturated rings. The van der Waals surface area contributed by atoms with Crippen LogP contribution >= 0.6 is 0 Å². The summed E-state index contributed by atoms with van der Waals surface area (Å²) in [6, 6.07) is 10.4. The average Bonchev–Trinajstić information content (AvgIpc) is 2.43. The van der Waals surface area contributed by atoms with Gasteiger partial charge in [-0.1, -0.05) is 37.3 Å². The first kappa shape index (κ1) is 15.7. The topological polar surface area (TPSA) is 49.6 Å². The maximum absolute atomic E-state index is 11.8. The Hall–Kier alpha value is -1.39. The maximum atomic E-state index is 11.8. The number of nitrogens with zero attached hydrogens (tertiary/aromatic N) is 2. The largest absolute Gasteiger partial charge is 0.349 e. The summed E-state index contributed by atoms with van der Waals surface area (Å²) in [4.78, 5) is 15.7. The number of carbonyl (C=O) groups is 1. The molecule has 1 aromatic rings. The smallest absolute Gasteiger partial charge is 0.223 e. The molecule has 1 amide bonds. The summed E-state index contributed by atoms with van der Waals surface area (Å²) in [6.07, 6.45) is 0.476. The summed E-state index contributed by atoms with van der Waals surface area (Å²) in [7, 11) is 3.56. The molecule has 1 atom stereocenters. The number of nitrogens with two attached hydrogens (primary N) is 1. The predicted molar refractivity (Wildman–Crippen MR) is 78.7 cm³/mol. The van der Waals surface area contributed by atoms with E-state index in [0.717, 1.165) is 13.1 Å². The minimum atomic E-state index is 0.0973. The first-order valence-electron chi connectivity index (χ1n) is 6.76. The molecule has 0 saturated heterocycles. The summed E-state index contributed by atoms with van der Waals surface area (Å²) in [5.74, 6) is 0.127. The number of benzene rings is 1. The number of carbonyl (C=O) groups excluding carboxylic acids is 1. The Morgan fingerprint density at radius 3 is 2.37 bits per heavy atom. The summed E-state index contributed by atoms with van der Waals surface area (Å²) in [6.45, 7) is 4.32. The Labute approximate surface area is 116 Å². The van der Waals surface area contributed by atoms with Gasteiger partial charge in [-0.25, -0.2) is 0 Å². The number of hydrogen-bond acceptors (Lipinski definition) is 3. The second kappa shape index (κ2) is 7.92. The van der Waals surface area contributed by atoms with Gasteiger partial charge in [-0.05, 0) is 12.1 Å². The molecule has 0 heterocycles. The molecule has 1 aromatic carbocycles. The van der Waals surface area contributed by atoms with E-state index in [0.29, 0.717) is 13.0 Å². The standard InChI is InChI=1S/C15H25N3O/c1-4-18(12-13-8-6-5-7-9-13)14(11-16)10-15(19)17(2)3/h5-9,14H,4,10-12,16H2,1-3H3. The van der Waals surface area contributed by atoms with Crippen molar-refractivity contribution in [1.29, 1.82) is 0 Å². The molecule has 0 bridgehead atoms. The molecule has 1 rings (SSSR count). The highest BCUT2D eigenvalue weighted by molar-refractivity contribution is 5.76. The predicted octanol–water partition coefficient (Wildman–Crippen LogP) is 1.31. The van der Waals surface area contributed by atoms with Crippen LogP contribution in [0.1, 0.15) is 18.9 Å². The molecule has 0 aromatic heterocycles. The zero-order valence-corrected chi connectivity index (χ0v) is 12.2. The van der Waals surface area contributed by atoms with Crippen LogP contribution in [0.25, 0.3) is 0 Å². The molecule has 0 radical (unpaired) electrons. The molecular weight excluding hydrogens is 238 g/mol. The van der Waals surface area contributed by atoms with Crippen LogP contribution in [-0.4, -0.2) is 48.9 Å². The minimum absolute atomic E-state index is 0.0973. The van der Waals surface area contributed by atoms with Crippen molar-refractivity contribution in [2.45, 2.75) is 25.9 Å². The minimum Gasteiger partial charge on any atom is -0.349 e. The zero-order valence-electron chi connectivity index (χ0n) is 12.2. The van der Waals surface area contributed by atoms with Crippen LogP contribution in [0, 0.1) is 0 Å². The van der Waals surface area contributed by atoms with Gasteiger partial charge in [-0.3, -0.25) is 9.69 Å². The van der Waals surface area contributed by atoms with E-state index in [1.165, 1.54) is 5.56 Å². The van der Waals surface area contributed by atoms with Gasteiger partial charge in [0.25, 0.3) is 0 Å². The second-order valence-corrected chi connectivity index (χ2v) is 4.93. The van der Waals surface area contributed by atoms with Crippen molar-refractivity contribution in [2.75, 3.05) is 27.2 Å². The number of amides is 1. The van der Waals surface area contributed by atoms with Gasteiger partial charge >= 0.3 is 0 Å². The molecule has 0 aliphatic rings. The van der Waals surface area contributed by atoms with Gasteiger partial charge in [0.2, 0.25) is 5.91 Å². The maximum Gasteiger partial charge on any atom is 0.223 e. The molecule has 106 valence electrons. The molecule has 4 nitrogen and oxygen atoms in total. The van der Waals surface area contributed by atoms with Gasteiger partial charge in [-0.15, -0.1) is 0 Å². The van der Waals surface area contributed by atoms with Crippen LogP contribution in [0.3, 0.4) is 0 Å². The lowest BCUT2D eigenvalue weighted by Crippen LogP contribution is -2.43. The third kappa shape index (κ3) is 5.01. The number of hydrogen-bond donors (Lipinski definition) is 1. The van der Waals surface area contributed by atoms with Crippen molar-refractivity contribution >= 4 is 5.91 Å². The summed E-state index contributed by atoms with van der Waals surface area (Å²) < 4.78 is 0. The van der Waals surface area contributed by atoms with Crippen molar-refractivity contribution in [2.24, 2.45) is 5.73 Å². The first-order valence-corrected chi connectivity index (χ1v) is 6.76. The van der Waals surface area contributed by atoms with Gasteiger partial charge < -0.3 is 10.6 Å². The van der Waals surface area contributed by atoms with E-state index < -0.39 is 0 Å². The van der Waals surface area contributed by atoms with Crippen LogP contribution in [0.4, 0.5) is 0 Å². The molecule has 4 heteroatoms. The van der Waals surface area contributed by atoms with Crippen LogP contribution in [0.15, 0.2) is 30.3 Å². The van der Waals surface area contributed by atoms with Crippen molar-refractivity contribution in [3.63, 3.8) is 0 Å². The van der Waals surface area contributed by atoms with Crippen molar-refractivity contribution in [1.82, 2.24) is 9.80 Å². The second-order valence-electron chi connectivity index (χ2n) is 4.93. The van der Waals surface area contributed by atoms with Crippen LogP contribution in [-0.2, 0) is 11.3 Å². The Kier molecular flexibility index (Phi) is 6.53. The quantitative estimate of drug-likeness (QED) is 0.807. The Bertz CT molecular complexity index is 378. The SMILES string of the molecule is CCN(Cc1ccccc1)C(CN)CC(=O)N(C)C. The van der Waals surface area contributed by atoms with E-state index in [2.05, 4.69) is 24.0 Å². The molecule has 0 spiro atoms. The molecule has 19 heavy (non-hydrogen) atoms. The van der Waals surface area contributed by atoms with Crippen molar-refractivity contribution < 1.29 is 4.79 Å². The summed E-state index contributed by atoms with van der Waals surface area (Å²) >= 11 is 0. The molecule has 0 aliphatic carbocycles. The van der Waals surface area contributed by atoms with Gasteiger partial charge in [-0.2, -0.15) is 0 Å². The zero-order chi connectivity index (χ0) is 14.3. The van der Waals surface area contributed by atoms with E-state index in [-0.39, 0.29) is 11.9 Å². The third-order valence-electron chi connectivity index (χ3n) is 3.33. The summed E-state index contributed by atoms with van der Waals surface area (Å²) in [5, 5.41) is 0. The monoisotopic (exact) mass is 263 g/mol. The molecular formula is C15H25N3O. The van der Waals surface area contributed by atoms with Crippen molar-refractivity contribution in [3.8, 4) is 0 Å². The normalized spacial score (nSPS) is 12.5. The highest BCUT2D eigenvalue weighted by Crippen LogP contribution is 2.11. The lowest BCUT2D eigenvalue weighted by Gasteiger charge is -2.30. The van der Waals surface area contributed by atoms with Crippen LogP contribution in [0.2, 0.25) is 0 Å². The van der Waals surface area contributed by atoms with Crippen LogP contribution < -0.4 is 5.73 Å². The number of rotatable bonds is 7. The molecule has 2 N–H and O–H groups in total. The fourth-order valence-electron chi connectivity index (χ4n) is 2.06. The van der Waals surface area contributed by atoms with Gasteiger partial charge in [0.1, 0.15) is 0 Å². The van der Waals surface area contributed by atoms with E-state index in [4.69, 9.17) is 5.73 Å².